The molecule has 6 aliphatic rings. The molecule has 0 spiro atoms. The van der Waals surface area contributed by atoms with Gasteiger partial charge in [0.1, 0.15) is 6.04 Å². The highest BCUT2D eigenvalue weighted by Crippen LogP contribution is 2.60. The first kappa shape index (κ1) is 29.3. The second kappa shape index (κ2) is 11.6. The summed E-state index contributed by atoms with van der Waals surface area (Å²) in [6, 6.07) is 15.7. The van der Waals surface area contributed by atoms with Crippen molar-refractivity contribution in [1.29, 1.82) is 0 Å². The van der Waals surface area contributed by atoms with Crippen molar-refractivity contribution in [2.75, 3.05) is 6.54 Å². The Morgan fingerprint density at radius 2 is 1.63 bits per heavy atom. The SMILES string of the molecule is O=C(N[C@H]1CCCN2C(=O)N(Cc3ccccc3)C(=O)C[C@H]12)[C@H](Cc1c[nH]c2ccccc12)NC(=O)C12CC3CC(CC(C3)C1)C2. The molecule has 6 fully saturated rings. The number of aromatic nitrogens is 1. The van der Waals surface area contributed by atoms with Crippen molar-refractivity contribution in [3.05, 3.63) is 71.9 Å². The predicted octanol–water partition coefficient (Wildman–Crippen LogP) is 4.91. The maximum absolute atomic E-state index is 14.2. The number of nitrogens with one attached hydrogen (secondary N) is 3. The van der Waals surface area contributed by atoms with Gasteiger partial charge in [-0.25, -0.2) is 4.79 Å². The number of hydrogen-bond acceptors (Lipinski definition) is 4. The number of piperidine rings is 1. The largest absolute Gasteiger partial charge is 0.361 e. The Bertz CT molecular complexity index is 1630. The third-order valence-electron chi connectivity index (χ3n) is 11.7. The summed E-state index contributed by atoms with van der Waals surface area (Å²) in [5, 5.41) is 7.54. The van der Waals surface area contributed by atoms with E-state index in [1.165, 1.54) is 24.2 Å². The molecule has 4 bridgehead atoms. The van der Waals surface area contributed by atoms with Crippen LogP contribution in [0.5, 0.6) is 0 Å². The molecule has 9 heteroatoms. The lowest BCUT2D eigenvalue weighted by molar-refractivity contribution is -0.148. The van der Waals surface area contributed by atoms with E-state index in [1.54, 1.807) is 4.90 Å². The molecule has 1 aromatic heterocycles. The Morgan fingerprint density at radius 1 is 0.935 bits per heavy atom. The number of hydrogen-bond donors (Lipinski definition) is 3. The third kappa shape index (κ3) is 5.27. The van der Waals surface area contributed by atoms with Crippen LogP contribution >= 0.6 is 0 Å². The minimum absolute atomic E-state index is 0.0245. The topological polar surface area (TPSA) is 115 Å². The molecule has 2 aromatic carbocycles. The number of benzene rings is 2. The smallest absolute Gasteiger partial charge is 0.327 e. The van der Waals surface area contributed by atoms with Gasteiger partial charge in [-0.2, -0.15) is 0 Å². The van der Waals surface area contributed by atoms with Crippen LogP contribution in [-0.4, -0.2) is 63.2 Å². The summed E-state index contributed by atoms with van der Waals surface area (Å²) in [5.74, 6) is 1.41. The van der Waals surface area contributed by atoms with E-state index in [9.17, 15) is 19.2 Å². The number of carbonyl (C=O) groups excluding carboxylic acids is 4. The van der Waals surface area contributed by atoms with E-state index in [0.29, 0.717) is 37.1 Å². The molecule has 46 heavy (non-hydrogen) atoms. The average molecular weight is 622 g/mol. The molecule has 0 unspecified atom stereocenters. The molecule has 9 nitrogen and oxygen atoms in total. The van der Waals surface area contributed by atoms with Crippen LogP contribution in [0, 0.1) is 23.2 Å². The van der Waals surface area contributed by atoms with Crippen molar-refractivity contribution in [3.63, 3.8) is 0 Å². The third-order valence-corrected chi connectivity index (χ3v) is 11.7. The van der Waals surface area contributed by atoms with E-state index >= 15 is 0 Å². The molecule has 3 N–H and O–H groups in total. The zero-order chi connectivity index (χ0) is 31.4. The second-order valence-electron chi connectivity index (χ2n) is 14.8. The monoisotopic (exact) mass is 621 g/mol. The summed E-state index contributed by atoms with van der Waals surface area (Å²) < 4.78 is 0. The Morgan fingerprint density at radius 3 is 2.37 bits per heavy atom. The minimum Gasteiger partial charge on any atom is -0.361 e. The standard InChI is InChI=1S/C37H43N5O4/c43-33-17-32-30(11-6-12-41(32)36(46)42(33)22-23-7-2-1-3-8-23)39-34(44)31(16-27-21-38-29-10-5-4-9-28(27)29)40-35(45)37-18-24-13-25(19-37)15-26(14-24)20-37/h1-5,7-10,21,24-26,30-32,38H,6,11-20,22H2,(H,39,44)(H,40,45)/t24?,25?,26?,30-,31-,32+,37?/m0/s1. The highest BCUT2D eigenvalue weighted by Gasteiger charge is 2.55. The van der Waals surface area contributed by atoms with Crippen LogP contribution in [-0.2, 0) is 27.3 Å². The number of nitrogens with zero attached hydrogens (tertiary/aromatic N) is 2. The van der Waals surface area contributed by atoms with Crippen molar-refractivity contribution in [2.45, 2.75) is 88.9 Å². The first-order valence-corrected chi connectivity index (χ1v) is 17.2. The number of carbonyl (C=O) groups is 4. The molecule has 3 aromatic rings. The number of imide groups is 1. The Kier molecular flexibility index (Phi) is 7.37. The number of urea groups is 1. The van der Waals surface area contributed by atoms with Gasteiger partial charge in [0.25, 0.3) is 0 Å². The Balaban J connectivity index is 1.02. The molecule has 3 atom stereocenters. The molecule has 0 radical (unpaired) electrons. The molecule has 5 amide bonds. The zero-order valence-corrected chi connectivity index (χ0v) is 26.3. The van der Waals surface area contributed by atoms with Crippen molar-refractivity contribution >= 4 is 34.7 Å². The van der Waals surface area contributed by atoms with Crippen LogP contribution in [0.1, 0.15) is 68.9 Å². The van der Waals surface area contributed by atoms with Gasteiger partial charge in [0, 0.05) is 47.9 Å². The van der Waals surface area contributed by atoms with E-state index in [0.717, 1.165) is 47.7 Å². The summed E-state index contributed by atoms with van der Waals surface area (Å²) in [4.78, 5) is 61.8. The van der Waals surface area contributed by atoms with Gasteiger partial charge in [0.2, 0.25) is 17.7 Å². The number of fused-ring (bicyclic) bond motifs is 2. The molecule has 240 valence electrons. The van der Waals surface area contributed by atoms with Gasteiger partial charge in [-0.1, -0.05) is 48.5 Å². The minimum atomic E-state index is -0.764. The number of H-pyrrole nitrogens is 1. The fourth-order valence-electron chi connectivity index (χ4n) is 9.90. The van der Waals surface area contributed by atoms with Gasteiger partial charge in [-0.05, 0) is 86.3 Å². The van der Waals surface area contributed by atoms with Crippen LogP contribution in [0.15, 0.2) is 60.8 Å². The highest BCUT2D eigenvalue weighted by atomic mass is 16.2. The summed E-state index contributed by atoms with van der Waals surface area (Å²) in [7, 11) is 0. The van der Waals surface area contributed by atoms with Crippen molar-refractivity contribution in [2.24, 2.45) is 23.2 Å². The van der Waals surface area contributed by atoms with Crippen LogP contribution in [0.3, 0.4) is 0 Å². The van der Waals surface area contributed by atoms with Crippen LogP contribution in [0.25, 0.3) is 10.9 Å². The summed E-state index contributed by atoms with van der Waals surface area (Å²) in [5.41, 5.74) is 2.50. The summed E-state index contributed by atoms with van der Waals surface area (Å²) in [6.45, 7) is 0.789. The van der Waals surface area contributed by atoms with Crippen molar-refractivity contribution in [1.82, 2.24) is 25.4 Å². The number of aromatic amines is 1. The highest BCUT2D eigenvalue weighted by molar-refractivity contribution is 5.98. The molecular weight excluding hydrogens is 578 g/mol. The average Bonchev–Trinajstić information content (AvgIpc) is 3.45. The predicted molar refractivity (Wildman–Crippen MR) is 173 cm³/mol. The van der Waals surface area contributed by atoms with Crippen molar-refractivity contribution < 1.29 is 19.2 Å². The lowest BCUT2D eigenvalue weighted by Crippen LogP contribution is -2.66. The van der Waals surface area contributed by atoms with E-state index in [-0.39, 0.29) is 48.2 Å². The lowest BCUT2D eigenvalue weighted by atomic mass is 9.49. The van der Waals surface area contributed by atoms with Crippen LogP contribution in [0.2, 0.25) is 0 Å². The Labute approximate surface area is 269 Å². The molecule has 2 saturated heterocycles. The molecule has 2 aliphatic heterocycles. The number of amides is 5. The number of rotatable bonds is 8. The lowest BCUT2D eigenvalue weighted by Gasteiger charge is -2.55. The maximum atomic E-state index is 14.2. The first-order valence-electron chi connectivity index (χ1n) is 17.2. The molecular formula is C37H43N5O4. The van der Waals surface area contributed by atoms with Gasteiger partial charge in [-0.3, -0.25) is 19.3 Å². The van der Waals surface area contributed by atoms with E-state index in [4.69, 9.17) is 0 Å². The first-order chi connectivity index (χ1) is 22.3. The summed E-state index contributed by atoms with van der Waals surface area (Å²) >= 11 is 0. The van der Waals surface area contributed by atoms with Gasteiger partial charge in [0.05, 0.1) is 12.6 Å². The fourth-order valence-corrected chi connectivity index (χ4v) is 9.90. The van der Waals surface area contributed by atoms with E-state index < -0.39 is 12.1 Å². The quantitative estimate of drug-likeness (QED) is 0.332. The summed E-state index contributed by atoms with van der Waals surface area (Å²) in [6.07, 6.45) is 10.4. The van der Waals surface area contributed by atoms with Crippen LogP contribution < -0.4 is 10.6 Å². The van der Waals surface area contributed by atoms with Crippen LogP contribution in [0.4, 0.5) is 4.79 Å². The molecule has 3 heterocycles. The van der Waals surface area contributed by atoms with E-state index in [1.807, 2.05) is 60.8 Å². The molecule has 9 rings (SSSR count). The fraction of sp³-hybridized carbons (Fsp3) is 0.514. The number of para-hydroxylation sites is 1. The Hall–Kier alpha value is -4.14. The van der Waals surface area contributed by atoms with E-state index in [2.05, 4.69) is 15.6 Å². The maximum Gasteiger partial charge on any atom is 0.327 e. The zero-order valence-electron chi connectivity index (χ0n) is 26.3. The van der Waals surface area contributed by atoms with Gasteiger partial charge >= 0.3 is 6.03 Å². The molecule has 4 aliphatic carbocycles. The van der Waals surface area contributed by atoms with Gasteiger partial charge < -0.3 is 20.5 Å². The molecule has 4 saturated carbocycles. The van der Waals surface area contributed by atoms with Gasteiger partial charge in [-0.15, -0.1) is 0 Å². The second-order valence-corrected chi connectivity index (χ2v) is 14.8. The normalized spacial score (nSPS) is 30.7. The van der Waals surface area contributed by atoms with Crippen molar-refractivity contribution in [3.8, 4) is 0 Å². The van der Waals surface area contributed by atoms with Gasteiger partial charge in [0.15, 0.2) is 0 Å².